The first-order valence-electron chi connectivity index (χ1n) is 6.73. The van der Waals surface area contributed by atoms with Gasteiger partial charge in [-0.15, -0.1) is 0 Å². The van der Waals surface area contributed by atoms with Crippen molar-refractivity contribution in [1.29, 1.82) is 0 Å². The highest BCUT2D eigenvalue weighted by Gasteiger charge is 2.33. The predicted molar refractivity (Wildman–Crippen MR) is 72.5 cm³/mol. The Balaban J connectivity index is 1.98. The number of benzene rings is 1. The molecule has 0 spiro atoms. The molecule has 2 rings (SSSR count). The van der Waals surface area contributed by atoms with E-state index in [4.69, 9.17) is 0 Å². The fourth-order valence-corrected chi connectivity index (χ4v) is 2.65. The van der Waals surface area contributed by atoms with Crippen LogP contribution in [0.5, 0.6) is 0 Å². The highest BCUT2D eigenvalue weighted by atomic mass is 16.3. The number of carbonyl (C=O) groups is 1. The van der Waals surface area contributed by atoms with Crippen molar-refractivity contribution in [2.75, 3.05) is 5.32 Å². The maximum Gasteiger partial charge on any atom is 0.227 e. The fraction of sp³-hybridized carbons (Fsp3) is 0.533. The number of amides is 1. The fourth-order valence-electron chi connectivity index (χ4n) is 2.65. The molecule has 0 atom stereocenters. The highest BCUT2D eigenvalue weighted by Crippen LogP contribution is 2.32. The van der Waals surface area contributed by atoms with Gasteiger partial charge in [0, 0.05) is 5.69 Å². The molecule has 1 aromatic carbocycles. The Morgan fingerprint density at radius 1 is 1.33 bits per heavy atom. The quantitative estimate of drug-likeness (QED) is 0.859. The van der Waals surface area contributed by atoms with Crippen molar-refractivity contribution in [3.8, 4) is 0 Å². The van der Waals surface area contributed by atoms with E-state index >= 15 is 0 Å². The first kappa shape index (κ1) is 13.1. The lowest BCUT2D eigenvalue weighted by Crippen LogP contribution is -2.30. The van der Waals surface area contributed by atoms with Crippen LogP contribution in [-0.2, 0) is 11.2 Å². The van der Waals surface area contributed by atoms with Gasteiger partial charge in [-0.25, -0.2) is 0 Å². The maximum atomic E-state index is 12.0. The van der Waals surface area contributed by atoms with E-state index in [1.165, 1.54) is 0 Å². The summed E-state index contributed by atoms with van der Waals surface area (Å²) in [6.45, 7) is 2.06. The first-order chi connectivity index (χ1) is 8.63. The van der Waals surface area contributed by atoms with Crippen LogP contribution in [0.1, 0.15) is 44.6 Å². The second kappa shape index (κ2) is 5.53. The Morgan fingerprint density at radius 2 is 2.00 bits per heavy atom. The molecule has 2 N–H and O–H groups in total. The molecule has 0 bridgehead atoms. The van der Waals surface area contributed by atoms with Gasteiger partial charge in [0.25, 0.3) is 0 Å². The average molecular weight is 247 g/mol. The number of aryl methyl sites for hydroxylation is 1. The van der Waals surface area contributed by atoms with Crippen molar-refractivity contribution in [2.45, 2.75) is 51.0 Å². The molecule has 0 unspecified atom stereocenters. The summed E-state index contributed by atoms with van der Waals surface area (Å²) in [5.41, 5.74) is 1.22. The highest BCUT2D eigenvalue weighted by molar-refractivity contribution is 5.92. The third-order valence-corrected chi connectivity index (χ3v) is 3.70. The molecule has 1 fully saturated rings. The third-order valence-electron chi connectivity index (χ3n) is 3.70. The number of para-hydroxylation sites is 1. The minimum atomic E-state index is -0.773. The summed E-state index contributed by atoms with van der Waals surface area (Å²) < 4.78 is 0. The molecule has 18 heavy (non-hydrogen) atoms. The van der Waals surface area contributed by atoms with Crippen LogP contribution in [0.25, 0.3) is 0 Å². The van der Waals surface area contributed by atoms with Gasteiger partial charge in [-0.2, -0.15) is 0 Å². The van der Waals surface area contributed by atoms with Crippen LogP contribution in [0.2, 0.25) is 0 Å². The van der Waals surface area contributed by atoms with Crippen LogP contribution in [0.4, 0.5) is 5.69 Å². The molecule has 3 nitrogen and oxygen atoms in total. The minimum Gasteiger partial charge on any atom is -0.389 e. The monoisotopic (exact) mass is 247 g/mol. The van der Waals surface area contributed by atoms with Crippen molar-refractivity contribution in [2.24, 2.45) is 0 Å². The molecule has 0 aliphatic heterocycles. The average Bonchev–Trinajstić information content (AvgIpc) is 2.76. The van der Waals surface area contributed by atoms with Crippen LogP contribution in [0, 0.1) is 0 Å². The maximum absolute atomic E-state index is 12.0. The minimum absolute atomic E-state index is 0.0831. The number of aliphatic hydroxyl groups is 1. The summed E-state index contributed by atoms with van der Waals surface area (Å²) in [5, 5.41) is 13.1. The number of hydrogen-bond acceptors (Lipinski definition) is 2. The van der Waals surface area contributed by atoms with E-state index < -0.39 is 5.60 Å². The van der Waals surface area contributed by atoms with E-state index in [2.05, 4.69) is 12.2 Å². The van der Waals surface area contributed by atoms with E-state index in [1.54, 1.807) is 0 Å². The summed E-state index contributed by atoms with van der Waals surface area (Å²) in [5.74, 6) is -0.0831. The lowest BCUT2D eigenvalue weighted by Gasteiger charge is -2.21. The lowest BCUT2D eigenvalue weighted by molar-refractivity contribution is -0.120. The Kier molecular flexibility index (Phi) is 4.02. The Morgan fingerprint density at radius 3 is 2.67 bits per heavy atom. The number of anilines is 1. The van der Waals surface area contributed by atoms with Crippen LogP contribution in [0.3, 0.4) is 0 Å². The van der Waals surface area contributed by atoms with Crippen LogP contribution in [0.15, 0.2) is 24.3 Å². The molecule has 0 radical (unpaired) electrons. The molecular formula is C15H21NO2. The zero-order chi connectivity index (χ0) is 13.0. The van der Waals surface area contributed by atoms with Gasteiger partial charge < -0.3 is 10.4 Å². The van der Waals surface area contributed by atoms with Gasteiger partial charge in [0.2, 0.25) is 5.91 Å². The summed E-state index contributed by atoms with van der Waals surface area (Å²) in [4.78, 5) is 12.0. The Hall–Kier alpha value is -1.35. The van der Waals surface area contributed by atoms with Crippen molar-refractivity contribution >= 4 is 11.6 Å². The molecule has 1 amide bonds. The van der Waals surface area contributed by atoms with E-state index in [1.807, 2.05) is 24.3 Å². The number of nitrogens with one attached hydrogen (secondary N) is 1. The van der Waals surface area contributed by atoms with Crippen LogP contribution in [-0.4, -0.2) is 16.6 Å². The van der Waals surface area contributed by atoms with E-state index in [9.17, 15) is 9.90 Å². The summed E-state index contributed by atoms with van der Waals surface area (Å²) in [7, 11) is 0. The van der Waals surface area contributed by atoms with Gasteiger partial charge in [-0.05, 0) is 30.9 Å². The SMILES string of the molecule is CCc1ccccc1NC(=O)CC1(O)CCCC1. The first-order valence-corrected chi connectivity index (χ1v) is 6.73. The molecular weight excluding hydrogens is 226 g/mol. The van der Waals surface area contributed by atoms with E-state index in [-0.39, 0.29) is 12.3 Å². The van der Waals surface area contributed by atoms with E-state index in [0.717, 1.165) is 43.4 Å². The van der Waals surface area contributed by atoms with Gasteiger partial charge in [0.1, 0.15) is 0 Å². The number of hydrogen-bond donors (Lipinski definition) is 2. The summed E-state index contributed by atoms with van der Waals surface area (Å²) in [6.07, 6.45) is 4.64. The molecule has 0 saturated heterocycles. The molecule has 0 aromatic heterocycles. The molecule has 98 valence electrons. The zero-order valence-electron chi connectivity index (χ0n) is 10.9. The van der Waals surface area contributed by atoms with E-state index in [0.29, 0.717) is 0 Å². The van der Waals surface area contributed by atoms with Gasteiger partial charge in [0.05, 0.1) is 12.0 Å². The van der Waals surface area contributed by atoms with Crippen molar-refractivity contribution in [1.82, 2.24) is 0 Å². The summed E-state index contributed by atoms with van der Waals surface area (Å²) in [6, 6.07) is 7.81. The molecule has 3 heteroatoms. The second-order valence-electron chi connectivity index (χ2n) is 5.17. The van der Waals surface area contributed by atoms with Gasteiger partial charge >= 0.3 is 0 Å². The third kappa shape index (κ3) is 3.10. The van der Waals surface area contributed by atoms with Gasteiger partial charge in [-0.3, -0.25) is 4.79 Å². The smallest absolute Gasteiger partial charge is 0.227 e. The second-order valence-corrected chi connectivity index (χ2v) is 5.17. The predicted octanol–water partition coefficient (Wildman–Crippen LogP) is 2.88. The van der Waals surface area contributed by atoms with Crippen molar-refractivity contribution < 1.29 is 9.90 Å². The topological polar surface area (TPSA) is 49.3 Å². The molecule has 1 saturated carbocycles. The molecule has 1 aliphatic carbocycles. The van der Waals surface area contributed by atoms with Crippen molar-refractivity contribution in [3.05, 3.63) is 29.8 Å². The van der Waals surface area contributed by atoms with Gasteiger partial charge in [0.15, 0.2) is 0 Å². The standard InChI is InChI=1S/C15H21NO2/c1-2-12-7-3-4-8-13(12)16-14(17)11-15(18)9-5-6-10-15/h3-4,7-8,18H,2,5-6,9-11H2,1H3,(H,16,17). The summed E-state index contributed by atoms with van der Waals surface area (Å²) >= 11 is 0. The molecule has 1 aromatic rings. The largest absolute Gasteiger partial charge is 0.389 e. The Labute approximate surface area is 108 Å². The molecule has 0 heterocycles. The molecule has 1 aliphatic rings. The Bertz CT molecular complexity index is 422. The van der Waals surface area contributed by atoms with Gasteiger partial charge in [-0.1, -0.05) is 38.0 Å². The lowest BCUT2D eigenvalue weighted by atomic mass is 9.97. The number of rotatable bonds is 4. The van der Waals surface area contributed by atoms with Crippen molar-refractivity contribution in [3.63, 3.8) is 0 Å². The number of carbonyl (C=O) groups excluding carboxylic acids is 1. The zero-order valence-corrected chi connectivity index (χ0v) is 10.9. The van der Waals surface area contributed by atoms with Crippen LogP contribution < -0.4 is 5.32 Å². The normalized spacial score (nSPS) is 17.7. The van der Waals surface area contributed by atoms with Crippen LogP contribution >= 0.6 is 0 Å².